The molecule has 29 heavy (non-hydrogen) atoms. The number of alkyl halides is 3. The van der Waals surface area contributed by atoms with Crippen LogP contribution in [-0.4, -0.2) is 36.4 Å². The van der Waals surface area contributed by atoms with Crippen LogP contribution in [0.1, 0.15) is 5.69 Å². The van der Waals surface area contributed by atoms with Gasteiger partial charge in [-0.15, -0.1) is 18.3 Å². The lowest BCUT2D eigenvalue weighted by Crippen LogP contribution is -2.17. The van der Waals surface area contributed by atoms with Crippen LogP contribution < -0.4 is 4.74 Å². The zero-order chi connectivity index (χ0) is 20.6. The molecule has 148 valence electrons. The summed E-state index contributed by atoms with van der Waals surface area (Å²) in [6, 6.07) is 14.9. The van der Waals surface area contributed by atoms with E-state index in [-0.39, 0.29) is 5.75 Å². The number of tetrazole rings is 1. The van der Waals surface area contributed by atoms with E-state index in [1.54, 1.807) is 42.1 Å². The van der Waals surface area contributed by atoms with Crippen molar-refractivity contribution in [2.75, 3.05) is 0 Å². The van der Waals surface area contributed by atoms with Crippen molar-refractivity contribution in [2.24, 2.45) is 7.05 Å². The molecule has 0 aliphatic rings. The number of halogens is 3. The molecular formula is C19H15F3N6O. The predicted octanol–water partition coefficient (Wildman–Crippen LogP) is 3.94. The fourth-order valence-corrected chi connectivity index (χ4v) is 3.02. The van der Waals surface area contributed by atoms with Crippen LogP contribution in [0.3, 0.4) is 0 Å². The zero-order valence-corrected chi connectivity index (χ0v) is 15.4. The second-order valence-electron chi connectivity index (χ2n) is 6.30. The monoisotopic (exact) mass is 400 g/mol. The molecule has 0 aliphatic carbocycles. The van der Waals surface area contributed by atoms with Gasteiger partial charge >= 0.3 is 6.36 Å². The van der Waals surface area contributed by atoms with E-state index in [1.807, 2.05) is 19.1 Å². The molecule has 4 rings (SSSR count). The van der Waals surface area contributed by atoms with Gasteiger partial charge in [0, 0.05) is 18.3 Å². The van der Waals surface area contributed by atoms with E-state index in [9.17, 15) is 13.2 Å². The number of benzene rings is 2. The highest BCUT2D eigenvalue weighted by Crippen LogP contribution is 2.34. The molecule has 0 saturated heterocycles. The number of rotatable bonds is 4. The van der Waals surface area contributed by atoms with Crippen LogP contribution >= 0.6 is 0 Å². The summed E-state index contributed by atoms with van der Waals surface area (Å²) < 4.78 is 45.6. The topological polar surface area (TPSA) is 70.7 Å². The first-order chi connectivity index (χ1) is 13.8. The van der Waals surface area contributed by atoms with Gasteiger partial charge in [0.25, 0.3) is 0 Å². The molecule has 0 amide bonds. The molecule has 0 bridgehead atoms. The van der Waals surface area contributed by atoms with E-state index < -0.39 is 6.36 Å². The van der Waals surface area contributed by atoms with Gasteiger partial charge < -0.3 is 4.74 Å². The van der Waals surface area contributed by atoms with Gasteiger partial charge in [0.2, 0.25) is 5.82 Å². The van der Waals surface area contributed by atoms with Gasteiger partial charge in [0.15, 0.2) is 0 Å². The summed E-state index contributed by atoms with van der Waals surface area (Å²) in [6.45, 7) is 1.87. The quantitative estimate of drug-likeness (QED) is 0.519. The number of aromatic nitrogens is 6. The van der Waals surface area contributed by atoms with E-state index in [0.717, 1.165) is 5.69 Å². The first-order valence-electron chi connectivity index (χ1n) is 8.57. The van der Waals surface area contributed by atoms with Crippen LogP contribution in [0, 0.1) is 6.92 Å². The van der Waals surface area contributed by atoms with Crippen molar-refractivity contribution in [1.82, 2.24) is 30.0 Å². The average molecular weight is 400 g/mol. The average Bonchev–Trinajstić information content (AvgIpc) is 3.26. The molecule has 7 nitrogen and oxygen atoms in total. The third kappa shape index (κ3) is 3.82. The molecule has 0 unspecified atom stereocenters. The minimum Gasteiger partial charge on any atom is -0.405 e. The van der Waals surface area contributed by atoms with E-state index in [0.29, 0.717) is 28.3 Å². The molecule has 0 radical (unpaired) electrons. The molecule has 0 aliphatic heterocycles. The minimum atomic E-state index is -4.77. The molecule has 2 heterocycles. The molecule has 0 fully saturated rings. The van der Waals surface area contributed by atoms with Crippen LogP contribution in [0.15, 0.2) is 54.6 Å². The normalized spacial score (nSPS) is 11.6. The van der Waals surface area contributed by atoms with Gasteiger partial charge in [0.05, 0.1) is 5.69 Å². The van der Waals surface area contributed by atoms with Crippen LogP contribution in [-0.2, 0) is 7.05 Å². The van der Waals surface area contributed by atoms with Crippen LogP contribution in [0.4, 0.5) is 13.2 Å². The summed E-state index contributed by atoms with van der Waals surface area (Å²) in [6.07, 6.45) is -4.77. The number of nitrogens with zero attached hydrogens (tertiary/aromatic N) is 6. The maximum Gasteiger partial charge on any atom is 0.573 e. The van der Waals surface area contributed by atoms with E-state index in [2.05, 4.69) is 25.4 Å². The smallest absolute Gasteiger partial charge is 0.405 e. The molecule has 2 aromatic heterocycles. The first kappa shape index (κ1) is 18.7. The van der Waals surface area contributed by atoms with Crippen LogP contribution in [0.25, 0.3) is 28.3 Å². The van der Waals surface area contributed by atoms with E-state index >= 15 is 0 Å². The Balaban J connectivity index is 1.75. The number of hydrogen-bond donors (Lipinski definition) is 0. The lowest BCUT2D eigenvalue weighted by atomic mass is 10.0. The predicted molar refractivity (Wildman–Crippen MR) is 98.2 cm³/mol. The van der Waals surface area contributed by atoms with Crippen molar-refractivity contribution in [2.45, 2.75) is 13.3 Å². The third-order valence-corrected chi connectivity index (χ3v) is 4.25. The molecule has 0 atom stereocenters. The summed E-state index contributed by atoms with van der Waals surface area (Å²) in [5.74, 6) is 0.243. The van der Waals surface area contributed by atoms with Crippen molar-refractivity contribution in [3.8, 4) is 34.1 Å². The maximum absolute atomic E-state index is 12.7. The number of para-hydroxylation sites is 1. The Morgan fingerprint density at radius 3 is 2.52 bits per heavy atom. The summed E-state index contributed by atoms with van der Waals surface area (Å²) in [5, 5.41) is 15.9. The summed E-state index contributed by atoms with van der Waals surface area (Å²) in [7, 11) is 1.71. The second kappa shape index (κ2) is 7.04. The molecule has 0 saturated carbocycles. The molecular weight excluding hydrogens is 385 g/mol. The molecule has 0 N–H and O–H groups in total. The highest BCUT2D eigenvalue weighted by Gasteiger charge is 2.32. The van der Waals surface area contributed by atoms with Crippen LogP contribution in [0.5, 0.6) is 5.75 Å². The highest BCUT2D eigenvalue weighted by atomic mass is 19.4. The number of ether oxygens (including phenoxy) is 1. The molecule has 0 spiro atoms. The fraction of sp³-hybridized carbons (Fsp3) is 0.158. The standard InChI is InChI=1S/C19H15F3N6O/c1-12-10-16(18-23-25-26-27(18)2)24-28(12)14-7-5-6-13(11-14)15-8-3-4-9-17(15)29-19(20,21)22/h3-11H,1-2H3. The van der Waals surface area contributed by atoms with Gasteiger partial charge in [0.1, 0.15) is 11.4 Å². The molecule has 2 aromatic carbocycles. The van der Waals surface area contributed by atoms with Gasteiger partial charge in [-0.1, -0.05) is 30.3 Å². The van der Waals surface area contributed by atoms with Crippen LogP contribution in [0.2, 0.25) is 0 Å². The van der Waals surface area contributed by atoms with E-state index in [1.165, 1.54) is 16.8 Å². The maximum atomic E-state index is 12.7. The Morgan fingerprint density at radius 1 is 1.00 bits per heavy atom. The summed E-state index contributed by atoms with van der Waals surface area (Å²) >= 11 is 0. The summed E-state index contributed by atoms with van der Waals surface area (Å²) in [4.78, 5) is 0. The Bertz CT molecular complexity index is 1160. The van der Waals surface area contributed by atoms with Gasteiger partial charge in [-0.05, 0) is 47.2 Å². The SMILES string of the molecule is Cc1cc(-c2nnnn2C)nn1-c1cccc(-c2ccccc2OC(F)(F)F)c1. The Hall–Kier alpha value is -3.69. The van der Waals surface area contributed by atoms with E-state index in [4.69, 9.17) is 0 Å². The second-order valence-corrected chi connectivity index (χ2v) is 6.30. The molecule has 10 heteroatoms. The number of hydrogen-bond acceptors (Lipinski definition) is 5. The Morgan fingerprint density at radius 2 is 1.79 bits per heavy atom. The first-order valence-corrected chi connectivity index (χ1v) is 8.57. The largest absolute Gasteiger partial charge is 0.573 e. The lowest BCUT2D eigenvalue weighted by Gasteiger charge is -2.14. The van der Waals surface area contributed by atoms with Crippen molar-refractivity contribution >= 4 is 0 Å². The zero-order valence-electron chi connectivity index (χ0n) is 15.4. The van der Waals surface area contributed by atoms with Gasteiger partial charge in [-0.2, -0.15) is 5.10 Å². The van der Waals surface area contributed by atoms with Crippen molar-refractivity contribution in [3.05, 3.63) is 60.3 Å². The Labute approximate surface area is 163 Å². The van der Waals surface area contributed by atoms with Gasteiger partial charge in [-0.25, -0.2) is 9.36 Å². The minimum absolute atomic E-state index is 0.264. The summed E-state index contributed by atoms with van der Waals surface area (Å²) in [5.41, 5.74) is 2.98. The fourth-order valence-electron chi connectivity index (χ4n) is 3.02. The molecule has 4 aromatic rings. The Kier molecular flexibility index (Phi) is 4.53. The third-order valence-electron chi connectivity index (χ3n) is 4.25. The highest BCUT2D eigenvalue weighted by molar-refractivity contribution is 5.72. The van der Waals surface area contributed by atoms with Crippen molar-refractivity contribution in [1.29, 1.82) is 0 Å². The van der Waals surface area contributed by atoms with Crippen molar-refractivity contribution < 1.29 is 17.9 Å². The lowest BCUT2D eigenvalue weighted by molar-refractivity contribution is -0.274. The van der Waals surface area contributed by atoms with Crippen molar-refractivity contribution in [3.63, 3.8) is 0 Å². The van der Waals surface area contributed by atoms with Gasteiger partial charge in [-0.3, -0.25) is 0 Å². The number of aryl methyl sites for hydroxylation is 2.